The molecule has 1 heterocycles. The number of nitrogens with zero attached hydrogens (tertiary/aromatic N) is 1. The molecule has 1 aliphatic carbocycles. The second-order valence-electron chi connectivity index (χ2n) is 5.28. The minimum Gasteiger partial charge on any atom is -0.481 e. The van der Waals surface area contributed by atoms with Crippen LogP contribution in [-0.2, 0) is 4.79 Å². The lowest BCUT2D eigenvalue weighted by atomic mass is 9.80. The molecule has 116 valence electrons. The van der Waals surface area contributed by atoms with Crippen molar-refractivity contribution in [3.63, 3.8) is 0 Å². The summed E-state index contributed by atoms with van der Waals surface area (Å²) in [5.74, 6) is -0.818. The van der Waals surface area contributed by atoms with E-state index in [2.05, 4.69) is 31.5 Å². The molecule has 0 aromatic carbocycles. The molecule has 0 bridgehead atoms. The van der Waals surface area contributed by atoms with Crippen LogP contribution in [0.1, 0.15) is 38.5 Å². The summed E-state index contributed by atoms with van der Waals surface area (Å²) in [6.45, 7) is 0.153. The number of aliphatic carboxylic acids is 1. The van der Waals surface area contributed by atoms with E-state index in [9.17, 15) is 14.7 Å². The molecule has 21 heavy (non-hydrogen) atoms. The Hall–Kier alpha value is -1.15. The van der Waals surface area contributed by atoms with Crippen molar-refractivity contribution in [1.82, 2.24) is 10.3 Å². The first kappa shape index (κ1) is 16.2. The Morgan fingerprint density at radius 2 is 2.00 bits per heavy atom. The molecular weight excluding hydrogens is 358 g/mol. The van der Waals surface area contributed by atoms with Gasteiger partial charge in [0.25, 0.3) is 0 Å². The van der Waals surface area contributed by atoms with Gasteiger partial charge in [-0.1, -0.05) is 37.0 Å². The zero-order chi connectivity index (χ0) is 15.3. The van der Waals surface area contributed by atoms with E-state index in [1.807, 2.05) is 0 Å². The van der Waals surface area contributed by atoms with E-state index >= 15 is 0 Å². The Bertz CT molecular complexity index is 513. The van der Waals surface area contributed by atoms with Gasteiger partial charge in [0.05, 0.1) is 15.4 Å². The van der Waals surface area contributed by atoms with Gasteiger partial charge in [0, 0.05) is 6.54 Å². The molecule has 1 aromatic heterocycles. The van der Waals surface area contributed by atoms with E-state index in [1.165, 1.54) is 11.3 Å². The molecule has 3 N–H and O–H groups in total. The van der Waals surface area contributed by atoms with Crippen LogP contribution in [-0.4, -0.2) is 28.6 Å². The van der Waals surface area contributed by atoms with Gasteiger partial charge >= 0.3 is 12.0 Å². The number of halogens is 1. The van der Waals surface area contributed by atoms with Gasteiger partial charge in [-0.2, -0.15) is 0 Å². The first-order valence-electron chi connectivity index (χ1n) is 6.91. The third kappa shape index (κ3) is 4.41. The Labute approximate surface area is 135 Å². The number of hydrogen-bond acceptors (Lipinski definition) is 4. The van der Waals surface area contributed by atoms with Gasteiger partial charge in [0.2, 0.25) is 0 Å². The second kappa shape index (κ2) is 7.22. The summed E-state index contributed by atoms with van der Waals surface area (Å²) < 4.78 is 0.823. The van der Waals surface area contributed by atoms with Crippen LogP contribution in [0.2, 0.25) is 0 Å². The van der Waals surface area contributed by atoms with Crippen LogP contribution in [0.5, 0.6) is 0 Å². The fourth-order valence-electron chi connectivity index (χ4n) is 2.57. The van der Waals surface area contributed by atoms with Gasteiger partial charge in [-0.25, -0.2) is 9.78 Å². The topological polar surface area (TPSA) is 91.3 Å². The fourth-order valence-corrected chi connectivity index (χ4v) is 3.68. The highest BCUT2D eigenvalue weighted by atomic mass is 79.9. The number of carboxylic acid groups (broad SMARTS) is 1. The highest BCUT2D eigenvalue weighted by molar-refractivity contribution is 9.11. The predicted octanol–water partition coefficient (Wildman–Crippen LogP) is 3.45. The van der Waals surface area contributed by atoms with E-state index in [4.69, 9.17) is 0 Å². The summed E-state index contributed by atoms with van der Waals surface area (Å²) in [5.41, 5.74) is -0.836. The smallest absolute Gasteiger partial charge is 0.321 e. The molecule has 1 aliphatic rings. The van der Waals surface area contributed by atoms with Gasteiger partial charge in [0.1, 0.15) is 0 Å². The van der Waals surface area contributed by atoms with E-state index in [1.54, 1.807) is 6.20 Å². The van der Waals surface area contributed by atoms with Crippen LogP contribution >= 0.6 is 27.3 Å². The summed E-state index contributed by atoms with van der Waals surface area (Å²) in [4.78, 5) is 27.5. The van der Waals surface area contributed by atoms with Crippen LogP contribution < -0.4 is 10.6 Å². The Morgan fingerprint density at radius 1 is 1.33 bits per heavy atom. The summed E-state index contributed by atoms with van der Waals surface area (Å²) in [5, 5.41) is 15.3. The second-order valence-corrected chi connectivity index (χ2v) is 7.69. The van der Waals surface area contributed by atoms with Crippen molar-refractivity contribution >= 4 is 44.4 Å². The standard InChI is InChI=1S/C13H18BrN3O3S/c14-9-7-15-12(21-9)17-11(20)16-8-13(10(18)19)5-3-1-2-4-6-13/h7H,1-6,8H2,(H,18,19)(H2,15,16,17,20). The molecule has 8 heteroatoms. The Balaban J connectivity index is 1.92. The van der Waals surface area contributed by atoms with Gasteiger partial charge in [-0.15, -0.1) is 0 Å². The SMILES string of the molecule is O=C(NCC1(C(=O)O)CCCCCC1)Nc1ncc(Br)s1. The van der Waals surface area contributed by atoms with Crippen molar-refractivity contribution in [2.24, 2.45) is 5.41 Å². The molecule has 1 saturated carbocycles. The van der Waals surface area contributed by atoms with E-state index < -0.39 is 17.4 Å². The summed E-state index contributed by atoms with van der Waals surface area (Å²) in [6, 6.07) is -0.415. The molecular formula is C13H18BrN3O3S. The number of rotatable bonds is 4. The Kier molecular flexibility index (Phi) is 5.58. The summed E-state index contributed by atoms with van der Waals surface area (Å²) >= 11 is 4.57. The van der Waals surface area contributed by atoms with Gasteiger partial charge < -0.3 is 10.4 Å². The van der Waals surface area contributed by atoms with Crippen molar-refractivity contribution in [3.8, 4) is 0 Å². The molecule has 6 nitrogen and oxygen atoms in total. The lowest BCUT2D eigenvalue weighted by Crippen LogP contribution is -2.44. The fraction of sp³-hybridized carbons (Fsp3) is 0.615. The monoisotopic (exact) mass is 375 g/mol. The third-order valence-electron chi connectivity index (χ3n) is 3.80. The molecule has 0 aliphatic heterocycles. The summed E-state index contributed by atoms with van der Waals surface area (Å²) in [7, 11) is 0. The van der Waals surface area contributed by atoms with Crippen molar-refractivity contribution in [2.75, 3.05) is 11.9 Å². The molecule has 1 aromatic rings. The van der Waals surface area contributed by atoms with Crippen LogP contribution in [0.4, 0.5) is 9.93 Å². The molecule has 2 rings (SSSR count). The highest BCUT2D eigenvalue weighted by Gasteiger charge is 2.38. The third-order valence-corrected chi connectivity index (χ3v) is 5.19. The van der Waals surface area contributed by atoms with Crippen LogP contribution in [0.15, 0.2) is 9.98 Å². The van der Waals surface area contributed by atoms with Gasteiger partial charge in [0.15, 0.2) is 5.13 Å². The molecule has 0 radical (unpaired) electrons. The maximum Gasteiger partial charge on any atom is 0.321 e. The average molecular weight is 376 g/mol. The molecule has 0 atom stereocenters. The highest BCUT2D eigenvalue weighted by Crippen LogP contribution is 2.34. The van der Waals surface area contributed by atoms with Crippen LogP contribution in [0.3, 0.4) is 0 Å². The average Bonchev–Trinajstić information content (AvgIpc) is 2.71. The molecule has 0 spiro atoms. The largest absolute Gasteiger partial charge is 0.481 e. The zero-order valence-electron chi connectivity index (χ0n) is 11.5. The maximum absolute atomic E-state index is 11.9. The number of aromatic nitrogens is 1. The number of carboxylic acids is 1. The number of hydrogen-bond donors (Lipinski definition) is 3. The summed E-state index contributed by atoms with van der Waals surface area (Å²) in [6.07, 6.45) is 6.76. The number of carbonyl (C=O) groups excluding carboxylic acids is 1. The molecule has 0 saturated heterocycles. The van der Waals surface area contributed by atoms with E-state index in [0.717, 1.165) is 29.5 Å². The molecule has 2 amide bonds. The number of amides is 2. The van der Waals surface area contributed by atoms with Crippen molar-refractivity contribution in [3.05, 3.63) is 9.98 Å². The lowest BCUT2D eigenvalue weighted by molar-refractivity contribution is -0.149. The lowest BCUT2D eigenvalue weighted by Gasteiger charge is -2.28. The van der Waals surface area contributed by atoms with E-state index in [-0.39, 0.29) is 6.54 Å². The number of anilines is 1. The van der Waals surface area contributed by atoms with Gasteiger partial charge in [-0.05, 0) is 28.8 Å². The molecule has 0 unspecified atom stereocenters. The first-order chi connectivity index (χ1) is 10.0. The number of urea groups is 1. The number of thiazole rings is 1. The minimum atomic E-state index is -0.836. The maximum atomic E-state index is 11.9. The number of nitrogens with one attached hydrogen (secondary N) is 2. The van der Waals surface area contributed by atoms with Crippen molar-refractivity contribution in [2.45, 2.75) is 38.5 Å². The first-order valence-corrected chi connectivity index (χ1v) is 8.52. The van der Waals surface area contributed by atoms with Crippen molar-refractivity contribution in [1.29, 1.82) is 0 Å². The minimum absolute atomic E-state index is 0.153. The quantitative estimate of drug-likeness (QED) is 0.702. The van der Waals surface area contributed by atoms with E-state index in [0.29, 0.717) is 18.0 Å². The molecule has 1 fully saturated rings. The zero-order valence-corrected chi connectivity index (χ0v) is 13.9. The van der Waals surface area contributed by atoms with Crippen LogP contribution in [0, 0.1) is 5.41 Å². The normalized spacial score (nSPS) is 17.8. The predicted molar refractivity (Wildman–Crippen MR) is 84.6 cm³/mol. The number of carbonyl (C=O) groups is 2. The van der Waals surface area contributed by atoms with Crippen LogP contribution in [0.25, 0.3) is 0 Å². The Morgan fingerprint density at radius 3 is 2.52 bits per heavy atom. The van der Waals surface area contributed by atoms with Gasteiger partial charge in [-0.3, -0.25) is 10.1 Å². The van der Waals surface area contributed by atoms with Crippen molar-refractivity contribution < 1.29 is 14.7 Å².